The number of benzene rings is 5. The molecule has 9 nitrogen and oxygen atoms in total. The monoisotopic (exact) mass is 660 g/mol. The lowest BCUT2D eigenvalue weighted by molar-refractivity contribution is 0.0717. The van der Waals surface area contributed by atoms with Crippen LogP contribution in [-0.4, -0.2) is 54.6 Å². The molecule has 3 N–H and O–H groups in total. The Kier molecular flexibility index (Phi) is 12.8. The fraction of sp³-hybridized carbons (Fsp3) is 0.200. The molecule has 0 atom stereocenters. The van der Waals surface area contributed by atoms with Gasteiger partial charge in [-0.15, -0.1) is 0 Å². The molecule has 0 spiro atoms. The number of hydrogen-bond acceptors (Lipinski definition) is 8. The van der Waals surface area contributed by atoms with Crippen LogP contribution in [0.3, 0.4) is 0 Å². The van der Waals surface area contributed by atoms with Crippen molar-refractivity contribution >= 4 is 11.7 Å². The van der Waals surface area contributed by atoms with Gasteiger partial charge in [-0.2, -0.15) is 0 Å². The van der Waals surface area contributed by atoms with Gasteiger partial charge in [-0.1, -0.05) is 91.0 Å². The van der Waals surface area contributed by atoms with E-state index in [1.807, 2.05) is 102 Å². The maximum atomic E-state index is 13.8. The van der Waals surface area contributed by atoms with Crippen LogP contribution >= 0.6 is 0 Å². The van der Waals surface area contributed by atoms with E-state index in [1.54, 1.807) is 18.2 Å². The zero-order valence-electron chi connectivity index (χ0n) is 27.2. The molecule has 0 aliphatic rings. The van der Waals surface area contributed by atoms with Gasteiger partial charge in [-0.05, 0) is 47.0 Å². The smallest absolute Gasteiger partial charge is 0.252 e. The molecule has 9 heteroatoms. The van der Waals surface area contributed by atoms with E-state index in [0.717, 1.165) is 16.7 Å². The SMILES string of the molecule is NC(=O)c1cc(OCCOCCN(CC(=O)c2cc(OCc3ccccc3)cc(OCc3ccccc3)c2)Cc2ccccc2)ccc1O. The van der Waals surface area contributed by atoms with Gasteiger partial charge < -0.3 is 29.8 Å². The average molecular weight is 661 g/mol. The minimum absolute atomic E-state index is 0.0113. The van der Waals surface area contributed by atoms with Crippen LogP contribution in [0.4, 0.5) is 0 Å². The fourth-order valence-corrected chi connectivity index (χ4v) is 5.05. The summed E-state index contributed by atoms with van der Waals surface area (Å²) in [5.74, 6) is 0.473. The van der Waals surface area contributed by atoms with Crippen LogP contribution in [0.2, 0.25) is 0 Å². The van der Waals surface area contributed by atoms with Crippen molar-refractivity contribution in [3.63, 3.8) is 0 Å². The van der Waals surface area contributed by atoms with Crippen LogP contribution in [0.15, 0.2) is 127 Å². The first-order valence-corrected chi connectivity index (χ1v) is 16.0. The zero-order chi connectivity index (χ0) is 34.3. The molecule has 0 unspecified atom stereocenters. The number of nitrogens with zero attached hydrogens (tertiary/aromatic N) is 1. The number of amides is 1. The number of Topliss-reactive ketones (excluding diaryl/α,β-unsaturated/α-hetero) is 1. The van der Waals surface area contributed by atoms with E-state index in [1.165, 1.54) is 12.1 Å². The third kappa shape index (κ3) is 11.2. The number of hydrogen-bond donors (Lipinski definition) is 2. The van der Waals surface area contributed by atoms with Crippen molar-refractivity contribution in [2.75, 3.05) is 32.9 Å². The predicted octanol–water partition coefficient (Wildman–Crippen LogP) is 6.43. The van der Waals surface area contributed by atoms with Crippen LogP contribution in [0.25, 0.3) is 0 Å². The summed E-state index contributed by atoms with van der Waals surface area (Å²) < 4.78 is 23.7. The minimum atomic E-state index is -0.741. The van der Waals surface area contributed by atoms with Gasteiger partial charge in [-0.25, -0.2) is 0 Å². The highest BCUT2D eigenvalue weighted by Crippen LogP contribution is 2.26. The molecular formula is C40H40N2O7. The van der Waals surface area contributed by atoms with E-state index in [2.05, 4.69) is 0 Å². The molecule has 5 aromatic carbocycles. The highest BCUT2D eigenvalue weighted by molar-refractivity contribution is 5.98. The molecule has 252 valence electrons. The first-order valence-electron chi connectivity index (χ1n) is 16.0. The number of nitrogens with two attached hydrogens (primary N) is 1. The van der Waals surface area contributed by atoms with Gasteiger partial charge in [0.2, 0.25) is 0 Å². The predicted molar refractivity (Wildman–Crippen MR) is 187 cm³/mol. The van der Waals surface area contributed by atoms with Gasteiger partial charge >= 0.3 is 0 Å². The number of aromatic hydroxyl groups is 1. The van der Waals surface area contributed by atoms with E-state index in [9.17, 15) is 14.7 Å². The van der Waals surface area contributed by atoms with Crippen molar-refractivity contribution in [2.24, 2.45) is 5.73 Å². The van der Waals surface area contributed by atoms with Gasteiger partial charge in [0.15, 0.2) is 5.78 Å². The van der Waals surface area contributed by atoms with Crippen molar-refractivity contribution in [1.82, 2.24) is 4.90 Å². The standard InChI is InChI=1S/C40H40N2O7/c41-40(45)37-25-34(16-17-38(37)43)47-21-20-46-19-18-42(26-30-10-4-1-5-11-30)27-39(44)33-22-35(48-28-31-12-6-2-7-13-31)24-36(23-33)49-29-32-14-8-3-9-15-32/h1-17,22-25,43H,18-21,26-29H2,(H2,41,45). The second-order valence-corrected chi connectivity index (χ2v) is 11.4. The number of carbonyl (C=O) groups is 2. The maximum absolute atomic E-state index is 13.8. The Bertz CT molecular complexity index is 1720. The molecule has 0 fully saturated rings. The van der Waals surface area contributed by atoms with E-state index < -0.39 is 5.91 Å². The number of primary amides is 1. The summed E-state index contributed by atoms with van der Waals surface area (Å²) in [6, 6.07) is 39.3. The molecule has 49 heavy (non-hydrogen) atoms. The minimum Gasteiger partial charge on any atom is -0.507 e. The number of ketones is 1. The van der Waals surface area contributed by atoms with Gasteiger partial charge in [0, 0.05) is 24.7 Å². The zero-order valence-corrected chi connectivity index (χ0v) is 27.2. The topological polar surface area (TPSA) is 121 Å². The molecule has 0 saturated carbocycles. The normalized spacial score (nSPS) is 10.9. The van der Waals surface area contributed by atoms with E-state index in [4.69, 9.17) is 24.7 Å². The summed E-state index contributed by atoms with van der Waals surface area (Å²) in [7, 11) is 0. The van der Waals surface area contributed by atoms with Crippen LogP contribution in [-0.2, 0) is 24.5 Å². The summed E-state index contributed by atoms with van der Waals surface area (Å²) in [5.41, 5.74) is 8.89. The Labute approximate surface area is 286 Å². The third-order valence-corrected chi connectivity index (χ3v) is 7.60. The summed E-state index contributed by atoms with van der Waals surface area (Å²) in [5, 5.41) is 9.78. The van der Waals surface area contributed by atoms with Gasteiger partial charge in [0.05, 0.1) is 25.3 Å². The molecule has 0 aliphatic carbocycles. The van der Waals surface area contributed by atoms with Crippen molar-refractivity contribution in [2.45, 2.75) is 19.8 Å². The number of rotatable bonds is 19. The summed E-state index contributed by atoms with van der Waals surface area (Å²) >= 11 is 0. The van der Waals surface area contributed by atoms with Crippen LogP contribution in [0.5, 0.6) is 23.0 Å². The highest BCUT2D eigenvalue weighted by atomic mass is 16.5. The summed E-state index contributed by atoms with van der Waals surface area (Å²) in [6.07, 6.45) is 0. The first kappa shape index (κ1) is 34.7. The maximum Gasteiger partial charge on any atom is 0.252 e. The van der Waals surface area contributed by atoms with Crippen molar-refractivity contribution in [3.8, 4) is 23.0 Å². The molecule has 0 heterocycles. The quantitative estimate of drug-likeness (QED) is 0.0768. The second kappa shape index (κ2) is 18.1. The molecule has 5 aromatic rings. The lowest BCUT2D eigenvalue weighted by atomic mass is 10.1. The van der Waals surface area contributed by atoms with Gasteiger partial charge in [-0.3, -0.25) is 14.5 Å². The van der Waals surface area contributed by atoms with Gasteiger partial charge in [0.25, 0.3) is 5.91 Å². The Balaban J connectivity index is 1.22. The number of ether oxygens (including phenoxy) is 4. The molecule has 1 amide bonds. The first-order chi connectivity index (χ1) is 23.9. The second-order valence-electron chi connectivity index (χ2n) is 11.4. The van der Waals surface area contributed by atoms with E-state index >= 15 is 0 Å². The molecule has 0 bridgehead atoms. The Morgan fingerprint density at radius 3 is 1.76 bits per heavy atom. The fourth-order valence-electron chi connectivity index (χ4n) is 5.05. The lowest BCUT2D eigenvalue weighted by Gasteiger charge is -2.22. The Morgan fingerprint density at radius 2 is 1.18 bits per heavy atom. The van der Waals surface area contributed by atoms with Crippen LogP contribution in [0.1, 0.15) is 37.4 Å². The molecular weight excluding hydrogens is 620 g/mol. The van der Waals surface area contributed by atoms with Crippen LogP contribution < -0.4 is 19.9 Å². The van der Waals surface area contributed by atoms with E-state index in [-0.39, 0.29) is 36.9 Å². The number of carbonyl (C=O) groups excluding carboxylic acids is 2. The summed E-state index contributed by atoms with van der Waals surface area (Å²) in [6.45, 7) is 2.78. The molecule has 5 rings (SSSR count). The Morgan fingerprint density at radius 1 is 0.612 bits per heavy atom. The lowest BCUT2D eigenvalue weighted by Crippen LogP contribution is -2.33. The third-order valence-electron chi connectivity index (χ3n) is 7.60. The average Bonchev–Trinajstić information content (AvgIpc) is 3.13. The largest absolute Gasteiger partial charge is 0.507 e. The molecule has 0 aliphatic heterocycles. The molecule has 0 aromatic heterocycles. The van der Waals surface area contributed by atoms with Crippen molar-refractivity contribution < 1.29 is 33.6 Å². The van der Waals surface area contributed by atoms with E-state index in [0.29, 0.717) is 55.7 Å². The highest BCUT2D eigenvalue weighted by Gasteiger charge is 2.17. The number of phenols is 1. The Hall–Kier alpha value is -5.64. The van der Waals surface area contributed by atoms with Crippen molar-refractivity contribution in [3.05, 3.63) is 155 Å². The van der Waals surface area contributed by atoms with Gasteiger partial charge in [0.1, 0.15) is 42.8 Å². The van der Waals surface area contributed by atoms with Crippen LogP contribution in [0, 0.1) is 0 Å². The molecule has 0 radical (unpaired) electrons. The van der Waals surface area contributed by atoms with Crippen molar-refractivity contribution in [1.29, 1.82) is 0 Å². The molecule has 0 saturated heterocycles. The summed E-state index contributed by atoms with van der Waals surface area (Å²) in [4.78, 5) is 27.4.